The molecule has 0 saturated heterocycles. The van der Waals surface area contributed by atoms with Gasteiger partial charge in [0.25, 0.3) is 5.91 Å². The van der Waals surface area contributed by atoms with Gasteiger partial charge >= 0.3 is 0 Å². The van der Waals surface area contributed by atoms with Crippen molar-refractivity contribution in [2.45, 2.75) is 6.54 Å². The van der Waals surface area contributed by atoms with E-state index in [9.17, 15) is 4.79 Å². The Labute approximate surface area is 159 Å². The number of hydrogen-bond donors (Lipinski definition) is 3. The molecule has 0 aromatic heterocycles. The largest absolute Gasteiger partial charge is 0.497 e. The van der Waals surface area contributed by atoms with Crippen LogP contribution in [0.3, 0.4) is 0 Å². The van der Waals surface area contributed by atoms with Crippen LogP contribution in [0.25, 0.3) is 0 Å². The van der Waals surface area contributed by atoms with E-state index in [0.717, 1.165) is 17.1 Å². The third-order valence-corrected chi connectivity index (χ3v) is 3.87. The SMILES string of the molecule is CN=C(NCCNC(=O)c1ccc(OC)cc1)NCc1cccc(OC)c1. The highest BCUT2D eigenvalue weighted by atomic mass is 16.5. The monoisotopic (exact) mass is 370 g/mol. The molecule has 0 fully saturated rings. The molecule has 0 aliphatic rings. The van der Waals surface area contributed by atoms with E-state index < -0.39 is 0 Å². The summed E-state index contributed by atoms with van der Waals surface area (Å²) in [6.07, 6.45) is 0. The summed E-state index contributed by atoms with van der Waals surface area (Å²) in [4.78, 5) is 16.3. The Morgan fingerprint density at radius 3 is 2.30 bits per heavy atom. The number of benzene rings is 2. The first-order valence-electron chi connectivity index (χ1n) is 8.66. The summed E-state index contributed by atoms with van der Waals surface area (Å²) in [5.74, 6) is 2.08. The minimum atomic E-state index is -0.126. The first kappa shape index (κ1) is 20.1. The normalized spacial score (nSPS) is 10.9. The van der Waals surface area contributed by atoms with Crippen molar-refractivity contribution in [1.82, 2.24) is 16.0 Å². The Balaban J connectivity index is 1.71. The van der Waals surface area contributed by atoms with Crippen molar-refractivity contribution in [2.24, 2.45) is 4.99 Å². The number of nitrogens with one attached hydrogen (secondary N) is 3. The van der Waals surface area contributed by atoms with Gasteiger partial charge in [0.1, 0.15) is 11.5 Å². The van der Waals surface area contributed by atoms with Crippen molar-refractivity contribution in [3.8, 4) is 11.5 Å². The average Bonchev–Trinajstić information content (AvgIpc) is 2.73. The molecule has 0 aliphatic heterocycles. The molecule has 7 nitrogen and oxygen atoms in total. The molecule has 0 heterocycles. The maximum atomic E-state index is 12.1. The molecule has 0 radical (unpaired) electrons. The molecule has 3 N–H and O–H groups in total. The number of rotatable bonds is 8. The highest BCUT2D eigenvalue weighted by Gasteiger charge is 2.05. The van der Waals surface area contributed by atoms with Crippen molar-refractivity contribution in [3.05, 3.63) is 59.7 Å². The van der Waals surface area contributed by atoms with Crippen LogP contribution in [0.4, 0.5) is 0 Å². The second kappa shape index (κ2) is 10.7. The summed E-state index contributed by atoms with van der Waals surface area (Å²) in [5, 5.41) is 9.26. The minimum absolute atomic E-state index is 0.126. The predicted octanol–water partition coefficient (Wildman–Crippen LogP) is 1.80. The zero-order chi connectivity index (χ0) is 19.5. The Morgan fingerprint density at radius 2 is 1.63 bits per heavy atom. The highest BCUT2D eigenvalue weighted by Crippen LogP contribution is 2.12. The van der Waals surface area contributed by atoms with Crippen LogP contribution in [0.5, 0.6) is 11.5 Å². The quantitative estimate of drug-likeness (QED) is 0.375. The van der Waals surface area contributed by atoms with Crippen LogP contribution in [-0.4, -0.2) is 46.2 Å². The van der Waals surface area contributed by atoms with Crippen LogP contribution in [0, 0.1) is 0 Å². The molecular weight excluding hydrogens is 344 g/mol. The fraction of sp³-hybridized carbons (Fsp3) is 0.300. The maximum Gasteiger partial charge on any atom is 0.251 e. The van der Waals surface area contributed by atoms with E-state index in [4.69, 9.17) is 9.47 Å². The van der Waals surface area contributed by atoms with Crippen LogP contribution < -0.4 is 25.4 Å². The van der Waals surface area contributed by atoms with Gasteiger partial charge in [0.15, 0.2) is 5.96 Å². The lowest BCUT2D eigenvalue weighted by Gasteiger charge is -2.13. The van der Waals surface area contributed by atoms with Crippen molar-refractivity contribution < 1.29 is 14.3 Å². The molecule has 1 amide bonds. The van der Waals surface area contributed by atoms with Gasteiger partial charge in [0.2, 0.25) is 0 Å². The van der Waals surface area contributed by atoms with Gasteiger partial charge in [-0.15, -0.1) is 0 Å². The topological polar surface area (TPSA) is 84.0 Å². The number of methoxy groups -OCH3 is 2. The fourth-order valence-corrected chi connectivity index (χ4v) is 2.39. The van der Waals surface area contributed by atoms with Crippen LogP contribution in [0.1, 0.15) is 15.9 Å². The molecule has 7 heteroatoms. The summed E-state index contributed by atoms with van der Waals surface area (Å²) in [7, 11) is 4.94. The number of nitrogens with zero attached hydrogens (tertiary/aromatic N) is 1. The number of carbonyl (C=O) groups excluding carboxylic acids is 1. The molecule has 144 valence electrons. The Kier molecular flexibility index (Phi) is 7.96. The van der Waals surface area contributed by atoms with Crippen molar-refractivity contribution in [1.29, 1.82) is 0 Å². The van der Waals surface area contributed by atoms with Gasteiger partial charge in [-0.1, -0.05) is 12.1 Å². The third kappa shape index (κ3) is 6.54. The predicted molar refractivity (Wildman–Crippen MR) is 107 cm³/mol. The van der Waals surface area contributed by atoms with Crippen LogP contribution in [0.15, 0.2) is 53.5 Å². The fourth-order valence-electron chi connectivity index (χ4n) is 2.39. The van der Waals surface area contributed by atoms with Crippen LogP contribution in [0.2, 0.25) is 0 Å². The zero-order valence-corrected chi connectivity index (χ0v) is 15.9. The molecule has 2 aromatic rings. The Hall–Kier alpha value is -3.22. The lowest BCUT2D eigenvalue weighted by Crippen LogP contribution is -2.41. The van der Waals surface area contributed by atoms with Gasteiger partial charge in [-0.05, 0) is 42.0 Å². The first-order chi connectivity index (χ1) is 13.2. The van der Waals surface area contributed by atoms with E-state index in [2.05, 4.69) is 20.9 Å². The van der Waals surface area contributed by atoms with Crippen LogP contribution >= 0.6 is 0 Å². The average molecular weight is 370 g/mol. The van der Waals surface area contributed by atoms with E-state index >= 15 is 0 Å². The van der Waals surface area contributed by atoms with Crippen molar-refractivity contribution in [2.75, 3.05) is 34.4 Å². The first-order valence-corrected chi connectivity index (χ1v) is 8.66. The zero-order valence-electron chi connectivity index (χ0n) is 15.9. The van der Waals surface area contributed by atoms with E-state index in [1.807, 2.05) is 24.3 Å². The number of ether oxygens (including phenoxy) is 2. The molecule has 0 spiro atoms. The summed E-state index contributed by atoms with van der Waals surface area (Å²) in [6, 6.07) is 14.8. The molecule has 0 unspecified atom stereocenters. The maximum absolute atomic E-state index is 12.1. The summed E-state index contributed by atoms with van der Waals surface area (Å²) in [5.41, 5.74) is 1.68. The minimum Gasteiger partial charge on any atom is -0.497 e. The lowest BCUT2D eigenvalue weighted by atomic mass is 10.2. The van der Waals surface area contributed by atoms with Gasteiger partial charge in [-0.2, -0.15) is 0 Å². The molecule has 0 atom stereocenters. The smallest absolute Gasteiger partial charge is 0.251 e. The number of guanidine groups is 1. The number of hydrogen-bond acceptors (Lipinski definition) is 4. The van der Waals surface area contributed by atoms with E-state index in [1.165, 1.54) is 0 Å². The van der Waals surface area contributed by atoms with Crippen molar-refractivity contribution >= 4 is 11.9 Å². The van der Waals surface area contributed by atoms with E-state index in [1.54, 1.807) is 45.5 Å². The lowest BCUT2D eigenvalue weighted by molar-refractivity contribution is 0.0954. The van der Waals surface area contributed by atoms with Gasteiger partial charge < -0.3 is 25.4 Å². The van der Waals surface area contributed by atoms with E-state index in [-0.39, 0.29) is 5.91 Å². The molecule has 0 aliphatic carbocycles. The molecule has 0 saturated carbocycles. The second-order valence-electron chi connectivity index (χ2n) is 5.69. The molecule has 0 bridgehead atoms. The van der Waals surface area contributed by atoms with E-state index in [0.29, 0.717) is 31.2 Å². The summed E-state index contributed by atoms with van der Waals surface area (Å²) >= 11 is 0. The van der Waals surface area contributed by atoms with Crippen molar-refractivity contribution in [3.63, 3.8) is 0 Å². The standard InChI is InChI=1S/C20H26N4O3/c1-21-20(24-14-15-5-4-6-18(13-15)27-3)23-12-11-22-19(25)16-7-9-17(26-2)10-8-16/h4-10,13H,11-12,14H2,1-3H3,(H,22,25)(H2,21,23,24). The van der Waals surface area contributed by atoms with Gasteiger partial charge in [0, 0.05) is 32.2 Å². The highest BCUT2D eigenvalue weighted by molar-refractivity contribution is 5.94. The third-order valence-electron chi connectivity index (χ3n) is 3.87. The molecule has 27 heavy (non-hydrogen) atoms. The Morgan fingerprint density at radius 1 is 0.926 bits per heavy atom. The van der Waals surface area contributed by atoms with Crippen LogP contribution in [-0.2, 0) is 6.54 Å². The summed E-state index contributed by atoms with van der Waals surface area (Å²) in [6.45, 7) is 1.65. The number of aliphatic imine (C=N–C) groups is 1. The summed E-state index contributed by atoms with van der Waals surface area (Å²) < 4.78 is 10.3. The van der Waals surface area contributed by atoms with Gasteiger partial charge in [-0.3, -0.25) is 9.79 Å². The van der Waals surface area contributed by atoms with Gasteiger partial charge in [0.05, 0.1) is 14.2 Å². The van der Waals surface area contributed by atoms with Gasteiger partial charge in [-0.25, -0.2) is 0 Å². The number of amides is 1. The molecule has 2 rings (SSSR count). The Bertz CT molecular complexity index is 760. The second-order valence-corrected chi connectivity index (χ2v) is 5.69. The molecular formula is C20H26N4O3. The number of carbonyl (C=O) groups is 1. The molecule has 2 aromatic carbocycles.